The van der Waals surface area contributed by atoms with Crippen LogP contribution in [0.25, 0.3) is 0 Å². The number of hydrogen-bond acceptors (Lipinski definition) is 2. The van der Waals surface area contributed by atoms with E-state index < -0.39 is 35.7 Å². The van der Waals surface area contributed by atoms with E-state index in [1.807, 2.05) is 0 Å². The van der Waals surface area contributed by atoms with Crippen molar-refractivity contribution < 1.29 is 35.5 Å². The van der Waals surface area contributed by atoms with E-state index in [2.05, 4.69) is 5.32 Å². The van der Waals surface area contributed by atoms with E-state index in [1.165, 1.54) is 19.1 Å². The lowest BCUT2D eigenvalue weighted by atomic mass is 9.69. The number of benzene rings is 2. The van der Waals surface area contributed by atoms with Gasteiger partial charge < -0.3 is 10.1 Å². The Kier molecular flexibility index (Phi) is 6.48. The first-order valence-corrected chi connectivity index (χ1v) is 10.8. The molecule has 1 heterocycles. The largest absolute Gasteiger partial charge is 0.416 e. The Morgan fingerprint density at radius 2 is 1.48 bits per heavy atom. The average molecular weight is 475 g/mol. The second-order valence-electron chi connectivity index (χ2n) is 8.89. The minimum absolute atomic E-state index is 0.118. The van der Waals surface area contributed by atoms with Gasteiger partial charge in [0.05, 0.1) is 23.3 Å². The molecular formula is C24H24F7NO. The SMILES string of the molecule is C[C@H](O[C@@H]1CC[C@@H]2CNC[C@@H]2[C@H]1c1ccc(F)cc1)c1cc(C(F)(F)F)cc(C(F)(F)F)c1. The van der Waals surface area contributed by atoms with Crippen molar-refractivity contribution in [2.45, 2.75) is 50.2 Å². The third-order valence-corrected chi connectivity index (χ3v) is 6.79. The topological polar surface area (TPSA) is 21.3 Å². The van der Waals surface area contributed by atoms with E-state index in [4.69, 9.17) is 4.74 Å². The van der Waals surface area contributed by atoms with Gasteiger partial charge in [-0.25, -0.2) is 4.39 Å². The Morgan fingerprint density at radius 1 is 0.879 bits per heavy atom. The van der Waals surface area contributed by atoms with Crippen LogP contribution in [0, 0.1) is 17.7 Å². The van der Waals surface area contributed by atoms with Crippen molar-refractivity contribution in [1.82, 2.24) is 5.32 Å². The first kappa shape index (κ1) is 24.0. The van der Waals surface area contributed by atoms with Gasteiger partial charge >= 0.3 is 12.4 Å². The summed E-state index contributed by atoms with van der Waals surface area (Å²) in [5.41, 5.74) is -2.04. The molecule has 5 atom stereocenters. The average Bonchev–Trinajstić information content (AvgIpc) is 3.21. The monoisotopic (exact) mass is 475 g/mol. The summed E-state index contributed by atoms with van der Waals surface area (Å²) in [5, 5.41) is 3.35. The summed E-state index contributed by atoms with van der Waals surface area (Å²) in [6, 6.07) is 7.61. The minimum atomic E-state index is -4.92. The highest BCUT2D eigenvalue weighted by Gasteiger charge is 2.44. The molecule has 2 aromatic rings. The predicted molar refractivity (Wildman–Crippen MR) is 108 cm³/mol. The molecule has 33 heavy (non-hydrogen) atoms. The quantitative estimate of drug-likeness (QED) is 0.496. The van der Waals surface area contributed by atoms with Gasteiger partial charge in [-0.2, -0.15) is 26.3 Å². The number of hydrogen-bond donors (Lipinski definition) is 1. The molecule has 2 fully saturated rings. The molecule has 1 saturated heterocycles. The van der Waals surface area contributed by atoms with Crippen LogP contribution in [0.1, 0.15) is 54.0 Å². The van der Waals surface area contributed by atoms with Crippen molar-refractivity contribution in [3.05, 3.63) is 70.5 Å². The third kappa shape index (κ3) is 5.19. The van der Waals surface area contributed by atoms with E-state index in [-0.39, 0.29) is 29.3 Å². The van der Waals surface area contributed by atoms with Crippen molar-refractivity contribution in [2.75, 3.05) is 13.1 Å². The van der Waals surface area contributed by atoms with E-state index in [1.54, 1.807) is 12.1 Å². The molecule has 1 N–H and O–H groups in total. The van der Waals surface area contributed by atoms with Crippen molar-refractivity contribution >= 4 is 0 Å². The molecule has 0 amide bonds. The maximum Gasteiger partial charge on any atom is 0.416 e. The fourth-order valence-corrected chi connectivity index (χ4v) is 5.18. The zero-order valence-electron chi connectivity index (χ0n) is 17.8. The molecule has 180 valence electrons. The van der Waals surface area contributed by atoms with E-state index in [0.29, 0.717) is 12.3 Å². The molecule has 1 saturated carbocycles. The molecule has 4 rings (SSSR count). The number of fused-ring (bicyclic) bond motifs is 1. The first-order chi connectivity index (χ1) is 15.4. The lowest BCUT2D eigenvalue weighted by Crippen LogP contribution is -2.38. The summed E-state index contributed by atoms with van der Waals surface area (Å²) in [6.45, 7) is 3.03. The Bertz CT molecular complexity index is 938. The van der Waals surface area contributed by atoms with E-state index in [0.717, 1.165) is 37.2 Å². The standard InChI is InChI=1S/C24H24F7NO/c1-13(16-8-17(23(26,27)28)10-18(9-16)24(29,30)31)33-21-7-4-15-11-32-12-20(15)22(21)14-2-5-19(25)6-3-14/h2-3,5-6,8-10,13,15,20-22,32H,4,7,11-12H2,1H3/t13-,15+,20-,21+,22+/m0/s1. The van der Waals surface area contributed by atoms with Crippen LogP contribution in [-0.4, -0.2) is 19.2 Å². The first-order valence-electron chi connectivity index (χ1n) is 10.8. The van der Waals surface area contributed by atoms with Gasteiger partial charge in [0.2, 0.25) is 0 Å². The van der Waals surface area contributed by atoms with Crippen molar-refractivity contribution in [2.24, 2.45) is 11.8 Å². The highest BCUT2D eigenvalue weighted by Crippen LogP contribution is 2.46. The molecule has 2 aliphatic rings. The number of halogens is 7. The molecule has 1 aliphatic heterocycles. The van der Waals surface area contributed by atoms with Gasteiger partial charge in [-0.15, -0.1) is 0 Å². The van der Waals surface area contributed by atoms with Crippen LogP contribution in [0.5, 0.6) is 0 Å². The van der Waals surface area contributed by atoms with Gasteiger partial charge in [0.1, 0.15) is 5.82 Å². The van der Waals surface area contributed by atoms with Crippen LogP contribution in [0.4, 0.5) is 30.7 Å². The summed E-state index contributed by atoms with van der Waals surface area (Å²) in [7, 11) is 0. The summed E-state index contributed by atoms with van der Waals surface area (Å²) in [5.74, 6) is 0.0501. The number of rotatable bonds is 4. The van der Waals surface area contributed by atoms with Crippen molar-refractivity contribution in [3.63, 3.8) is 0 Å². The highest BCUT2D eigenvalue weighted by molar-refractivity contribution is 5.35. The maximum absolute atomic E-state index is 13.5. The molecule has 1 aliphatic carbocycles. The minimum Gasteiger partial charge on any atom is -0.370 e. The molecule has 0 radical (unpaired) electrons. The van der Waals surface area contributed by atoms with Crippen molar-refractivity contribution in [3.8, 4) is 0 Å². The van der Waals surface area contributed by atoms with Crippen LogP contribution < -0.4 is 5.32 Å². The third-order valence-electron chi connectivity index (χ3n) is 6.79. The smallest absolute Gasteiger partial charge is 0.370 e. The lowest BCUT2D eigenvalue weighted by Gasteiger charge is -2.41. The van der Waals surface area contributed by atoms with Crippen LogP contribution in [0.15, 0.2) is 42.5 Å². The normalized spacial score (nSPS) is 26.8. The van der Waals surface area contributed by atoms with Crippen molar-refractivity contribution in [1.29, 1.82) is 0 Å². The number of nitrogens with one attached hydrogen (secondary N) is 1. The van der Waals surface area contributed by atoms with Gasteiger partial charge in [-0.3, -0.25) is 0 Å². The van der Waals surface area contributed by atoms with Crippen LogP contribution in [-0.2, 0) is 17.1 Å². The van der Waals surface area contributed by atoms with Gasteiger partial charge in [0.15, 0.2) is 0 Å². The maximum atomic E-state index is 13.5. The zero-order valence-corrected chi connectivity index (χ0v) is 17.8. The predicted octanol–water partition coefficient (Wildman–Crippen LogP) is 6.72. The van der Waals surface area contributed by atoms with Gasteiger partial charge in [-0.1, -0.05) is 12.1 Å². The summed E-state index contributed by atoms with van der Waals surface area (Å²) in [4.78, 5) is 0. The summed E-state index contributed by atoms with van der Waals surface area (Å²) < 4.78 is 99.3. The Balaban J connectivity index is 1.65. The Labute approximate surface area is 187 Å². The molecular weight excluding hydrogens is 451 g/mol. The summed E-state index contributed by atoms with van der Waals surface area (Å²) in [6.07, 6.45) is -9.80. The van der Waals surface area contributed by atoms with Gasteiger partial charge in [0.25, 0.3) is 0 Å². The second kappa shape index (κ2) is 8.91. The van der Waals surface area contributed by atoms with Crippen LogP contribution >= 0.6 is 0 Å². The molecule has 9 heteroatoms. The fraction of sp³-hybridized carbons (Fsp3) is 0.500. The fourth-order valence-electron chi connectivity index (χ4n) is 5.18. The molecule has 2 nitrogen and oxygen atoms in total. The van der Waals surface area contributed by atoms with E-state index in [9.17, 15) is 30.7 Å². The zero-order chi connectivity index (χ0) is 24.0. The Morgan fingerprint density at radius 3 is 2.06 bits per heavy atom. The summed E-state index contributed by atoms with van der Waals surface area (Å²) >= 11 is 0. The number of alkyl halides is 6. The van der Waals surface area contributed by atoms with Gasteiger partial charge in [-0.05, 0) is 86.1 Å². The Hall–Kier alpha value is -2.13. The van der Waals surface area contributed by atoms with Gasteiger partial charge in [0, 0.05) is 5.92 Å². The lowest BCUT2D eigenvalue weighted by molar-refractivity contribution is -0.143. The second-order valence-corrected chi connectivity index (χ2v) is 8.89. The number of ether oxygens (including phenoxy) is 1. The highest BCUT2D eigenvalue weighted by atomic mass is 19.4. The van der Waals surface area contributed by atoms with E-state index >= 15 is 0 Å². The molecule has 2 aromatic carbocycles. The van der Waals surface area contributed by atoms with Crippen LogP contribution in [0.2, 0.25) is 0 Å². The van der Waals surface area contributed by atoms with Crippen LogP contribution in [0.3, 0.4) is 0 Å². The molecule has 0 aromatic heterocycles. The molecule has 0 spiro atoms. The molecule has 0 unspecified atom stereocenters. The molecule has 0 bridgehead atoms.